The molecule has 22 heavy (non-hydrogen) atoms. The Hall–Kier alpha value is -2.02. The predicted molar refractivity (Wildman–Crippen MR) is 91.6 cm³/mol. The fraction of sp³-hybridized carbons (Fsp3) is 0.400. The summed E-state index contributed by atoms with van der Waals surface area (Å²) in [6.45, 7) is 3.18. The first-order chi connectivity index (χ1) is 10.3. The van der Waals surface area contributed by atoms with Crippen LogP contribution in [0.4, 0.5) is 0 Å². The molecule has 6 nitrogen and oxygen atoms in total. The molecule has 1 aliphatic carbocycles. The molecular formula is C15H23N3O3S. The SMILES string of the molecule is CC(=O)O.CC=C1CCCc2cc(OC)ncc21.N=C(N)S. The van der Waals surface area contributed by atoms with Gasteiger partial charge < -0.3 is 15.6 Å². The van der Waals surface area contributed by atoms with Gasteiger partial charge in [0.1, 0.15) is 5.17 Å². The number of carboxylic acid groups (broad SMARTS) is 1. The number of nitrogens with zero attached hydrogens (tertiary/aromatic N) is 1. The third kappa shape index (κ3) is 8.31. The fourth-order valence-corrected chi connectivity index (χ4v) is 1.99. The second kappa shape index (κ2) is 10.7. The van der Waals surface area contributed by atoms with Crippen LogP contribution in [-0.4, -0.2) is 28.3 Å². The van der Waals surface area contributed by atoms with Crippen LogP contribution in [0.5, 0.6) is 5.88 Å². The number of rotatable bonds is 1. The first-order valence-electron chi connectivity index (χ1n) is 6.72. The van der Waals surface area contributed by atoms with E-state index in [1.54, 1.807) is 7.11 Å². The zero-order valence-corrected chi connectivity index (χ0v) is 14.0. The third-order valence-corrected chi connectivity index (χ3v) is 2.76. The number of aryl methyl sites for hydroxylation is 1. The van der Waals surface area contributed by atoms with E-state index in [2.05, 4.69) is 42.4 Å². The average Bonchev–Trinajstić information content (AvgIpc) is 2.44. The Labute approximate surface area is 136 Å². The summed E-state index contributed by atoms with van der Waals surface area (Å²) in [6, 6.07) is 2.05. The number of allylic oxidation sites excluding steroid dienone is 2. The number of thiol groups is 1. The van der Waals surface area contributed by atoms with Crippen molar-refractivity contribution in [2.24, 2.45) is 5.73 Å². The van der Waals surface area contributed by atoms with Crippen LogP contribution in [-0.2, 0) is 11.2 Å². The largest absolute Gasteiger partial charge is 0.481 e. The Morgan fingerprint density at radius 3 is 2.55 bits per heavy atom. The summed E-state index contributed by atoms with van der Waals surface area (Å²) in [5.41, 5.74) is 8.65. The summed E-state index contributed by atoms with van der Waals surface area (Å²) in [6.07, 6.45) is 7.68. The summed E-state index contributed by atoms with van der Waals surface area (Å²) in [5, 5.41) is 13.4. The summed E-state index contributed by atoms with van der Waals surface area (Å²) >= 11 is 3.33. The van der Waals surface area contributed by atoms with E-state index in [0.29, 0.717) is 0 Å². The number of amidine groups is 1. The second-order valence-electron chi connectivity index (χ2n) is 4.46. The van der Waals surface area contributed by atoms with Crippen LogP contribution < -0.4 is 10.5 Å². The summed E-state index contributed by atoms with van der Waals surface area (Å²) < 4.78 is 5.12. The van der Waals surface area contributed by atoms with Crippen LogP contribution in [0.1, 0.15) is 37.8 Å². The van der Waals surface area contributed by atoms with Gasteiger partial charge in [0.25, 0.3) is 5.97 Å². The number of ether oxygens (including phenoxy) is 1. The number of aromatic nitrogens is 1. The summed E-state index contributed by atoms with van der Waals surface area (Å²) in [7, 11) is 1.66. The molecule has 1 aromatic rings. The van der Waals surface area contributed by atoms with Gasteiger partial charge in [-0.1, -0.05) is 6.08 Å². The Balaban J connectivity index is 0.000000464. The van der Waals surface area contributed by atoms with E-state index in [1.165, 1.54) is 29.5 Å². The molecule has 0 unspecified atom stereocenters. The van der Waals surface area contributed by atoms with Crippen LogP contribution in [0.2, 0.25) is 0 Å². The number of fused-ring (bicyclic) bond motifs is 1. The highest BCUT2D eigenvalue weighted by Crippen LogP contribution is 2.31. The molecule has 0 fully saturated rings. The smallest absolute Gasteiger partial charge is 0.300 e. The van der Waals surface area contributed by atoms with Gasteiger partial charge >= 0.3 is 0 Å². The average molecular weight is 325 g/mol. The standard InChI is InChI=1S/C12H15NO.C2H4O2.CH4N2S/c1-3-9-5-4-6-10-7-12(14-2)13-8-11(9)10;1-2(3)4;2-1(3)4/h3,7-8H,4-6H2,1-2H3;1H3,(H,3,4);(H4,2,3,4). The zero-order valence-electron chi connectivity index (χ0n) is 13.1. The number of hydrogen-bond acceptors (Lipinski definition) is 4. The van der Waals surface area contributed by atoms with Crippen molar-refractivity contribution in [3.8, 4) is 5.88 Å². The van der Waals surface area contributed by atoms with Gasteiger partial charge in [-0.25, -0.2) is 4.98 Å². The first-order valence-corrected chi connectivity index (χ1v) is 7.17. The van der Waals surface area contributed by atoms with Crippen molar-refractivity contribution in [1.29, 1.82) is 5.41 Å². The Bertz CT molecular complexity index is 525. The molecular weight excluding hydrogens is 302 g/mol. The highest BCUT2D eigenvalue weighted by atomic mass is 32.1. The zero-order chi connectivity index (χ0) is 17.1. The van der Waals surface area contributed by atoms with Crippen molar-refractivity contribution in [3.05, 3.63) is 29.5 Å². The maximum absolute atomic E-state index is 9.00. The van der Waals surface area contributed by atoms with Gasteiger partial charge in [-0.3, -0.25) is 10.2 Å². The number of carboxylic acids is 1. The molecule has 0 spiro atoms. The molecule has 1 heterocycles. The molecule has 0 aliphatic heterocycles. The van der Waals surface area contributed by atoms with Crippen molar-refractivity contribution < 1.29 is 14.6 Å². The van der Waals surface area contributed by atoms with Crippen LogP contribution >= 0.6 is 12.6 Å². The molecule has 0 saturated heterocycles. The number of nitrogens with one attached hydrogen (secondary N) is 1. The minimum absolute atomic E-state index is 0.139. The number of methoxy groups -OCH3 is 1. The van der Waals surface area contributed by atoms with Gasteiger partial charge in [0.05, 0.1) is 7.11 Å². The number of pyridine rings is 1. The quantitative estimate of drug-likeness (QED) is 0.360. The van der Waals surface area contributed by atoms with E-state index in [9.17, 15) is 0 Å². The molecule has 2 rings (SSSR count). The summed E-state index contributed by atoms with van der Waals surface area (Å²) in [5.74, 6) is -0.110. The number of nitrogens with two attached hydrogens (primary N) is 1. The minimum Gasteiger partial charge on any atom is -0.481 e. The van der Waals surface area contributed by atoms with Crippen molar-refractivity contribution >= 4 is 29.3 Å². The van der Waals surface area contributed by atoms with Crippen molar-refractivity contribution in [2.45, 2.75) is 33.1 Å². The molecule has 0 aromatic carbocycles. The van der Waals surface area contributed by atoms with Gasteiger partial charge in [0.2, 0.25) is 5.88 Å². The normalized spacial score (nSPS) is 13.7. The second-order valence-corrected chi connectivity index (χ2v) is 4.94. The van der Waals surface area contributed by atoms with E-state index < -0.39 is 5.97 Å². The highest BCUT2D eigenvalue weighted by molar-refractivity contribution is 7.96. The topological polar surface area (TPSA) is 109 Å². The van der Waals surface area contributed by atoms with Gasteiger partial charge in [0, 0.05) is 19.2 Å². The molecule has 4 N–H and O–H groups in total. The molecule has 7 heteroatoms. The van der Waals surface area contributed by atoms with Gasteiger partial charge in [-0.15, -0.1) is 12.6 Å². The number of hydrogen-bond donors (Lipinski definition) is 4. The first kappa shape index (κ1) is 20.0. The lowest BCUT2D eigenvalue weighted by Gasteiger charge is -2.18. The van der Waals surface area contributed by atoms with E-state index in [0.717, 1.165) is 19.2 Å². The van der Waals surface area contributed by atoms with Crippen molar-refractivity contribution in [3.63, 3.8) is 0 Å². The Morgan fingerprint density at radius 2 is 2.09 bits per heavy atom. The minimum atomic E-state index is -0.833. The lowest BCUT2D eigenvalue weighted by atomic mass is 9.89. The number of aliphatic carboxylic acids is 1. The lowest BCUT2D eigenvalue weighted by Crippen LogP contribution is -2.03. The molecule has 0 atom stereocenters. The Morgan fingerprint density at radius 1 is 1.55 bits per heavy atom. The maximum Gasteiger partial charge on any atom is 0.300 e. The molecule has 1 aliphatic rings. The van der Waals surface area contributed by atoms with Crippen LogP contribution in [0.15, 0.2) is 18.3 Å². The highest BCUT2D eigenvalue weighted by Gasteiger charge is 2.14. The number of carbonyl (C=O) groups is 1. The Kier molecular flexibility index (Phi) is 9.69. The van der Waals surface area contributed by atoms with E-state index in [4.69, 9.17) is 20.0 Å². The molecule has 122 valence electrons. The molecule has 1 aromatic heterocycles. The third-order valence-electron chi connectivity index (χ3n) is 2.76. The van der Waals surface area contributed by atoms with Crippen LogP contribution in [0.25, 0.3) is 5.57 Å². The lowest BCUT2D eigenvalue weighted by molar-refractivity contribution is -0.134. The van der Waals surface area contributed by atoms with E-state index in [1.807, 2.05) is 6.20 Å². The summed E-state index contributed by atoms with van der Waals surface area (Å²) in [4.78, 5) is 13.2. The molecule has 0 radical (unpaired) electrons. The van der Waals surface area contributed by atoms with Gasteiger partial charge in [-0.05, 0) is 42.9 Å². The molecule has 0 saturated carbocycles. The van der Waals surface area contributed by atoms with Crippen LogP contribution in [0.3, 0.4) is 0 Å². The van der Waals surface area contributed by atoms with E-state index >= 15 is 0 Å². The predicted octanol–water partition coefficient (Wildman–Crippen LogP) is 2.73. The van der Waals surface area contributed by atoms with Crippen molar-refractivity contribution in [1.82, 2.24) is 4.98 Å². The maximum atomic E-state index is 9.00. The van der Waals surface area contributed by atoms with Crippen LogP contribution in [0, 0.1) is 5.41 Å². The molecule has 0 bridgehead atoms. The van der Waals surface area contributed by atoms with Gasteiger partial charge in [0.15, 0.2) is 0 Å². The molecule has 0 amide bonds. The fourth-order valence-electron chi connectivity index (χ4n) is 1.99. The monoisotopic (exact) mass is 325 g/mol. The van der Waals surface area contributed by atoms with Gasteiger partial charge in [-0.2, -0.15) is 0 Å². The van der Waals surface area contributed by atoms with E-state index in [-0.39, 0.29) is 5.17 Å². The van der Waals surface area contributed by atoms with Crippen molar-refractivity contribution in [2.75, 3.05) is 7.11 Å².